The number of hydrogen-bond donors (Lipinski definition) is 0. The van der Waals surface area contributed by atoms with Gasteiger partial charge in [-0.2, -0.15) is 0 Å². The van der Waals surface area contributed by atoms with Crippen LogP contribution in [0.25, 0.3) is 82.6 Å². The lowest BCUT2D eigenvalue weighted by Crippen LogP contribution is -2.03. The molecular weight excluding hydrogens is 522 g/mol. The van der Waals surface area contributed by atoms with E-state index in [0.717, 1.165) is 33.2 Å². The van der Waals surface area contributed by atoms with Crippen LogP contribution in [0.1, 0.15) is 0 Å². The van der Waals surface area contributed by atoms with Crippen LogP contribution in [-0.2, 0) is 0 Å². The molecule has 43 heavy (non-hydrogen) atoms. The Balaban J connectivity index is 1.36. The predicted molar refractivity (Wildman–Crippen MR) is 180 cm³/mol. The zero-order valence-corrected chi connectivity index (χ0v) is 23.3. The molecule has 3 nitrogen and oxygen atoms in total. The molecule has 0 aliphatic rings. The van der Waals surface area contributed by atoms with Crippen molar-refractivity contribution in [2.24, 2.45) is 0 Å². The molecule has 2 heterocycles. The van der Waals surface area contributed by atoms with E-state index in [1.807, 2.05) is 12.1 Å². The minimum atomic E-state index is 0.673. The van der Waals surface area contributed by atoms with Crippen LogP contribution in [0.5, 0.6) is 0 Å². The van der Waals surface area contributed by atoms with Gasteiger partial charge in [-0.1, -0.05) is 133 Å². The Hall–Kier alpha value is -5.80. The molecule has 0 N–H and O–H groups in total. The van der Waals surface area contributed by atoms with Crippen molar-refractivity contribution in [1.29, 1.82) is 0 Å². The molecule has 200 valence electrons. The van der Waals surface area contributed by atoms with Gasteiger partial charge in [-0.3, -0.25) is 4.57 Å². The van der Waals surface area contributed by atoms with Gasteiger partial charge in [0.05, 0.1) is 22.2 Å². The van der Waals surface area contributed by atoms with Gasteiger partial charge in [-0.05, 0) is 50.9 Å². The molecular formula is C40H25N3. The fraction of sp³-hybridized carbons (Fsp3) is 0. The summed E-state index contributed by atoms with van der Waals surface area (Å²) in [5.41, 5.74) is 7.51. The third kappa shape index (κ3) is 3.68. The highest BCUT2D eigenvalue weighted by Gasteiger charge is 2.20. The first kappa shape index (κ1) is 23.9. The summed E-state index contributed by atoms with van der Waals surface area (Å²) in [5.74, 6) is 0.673. The predicted octanol–water partition coefficient (Wildman–Crippen LogP) is 10.4. The Morgan fingerprint density at radius 2 is 0.884 bits per heavy atom. The Bertz CT molecular complexity index is 2400. The number of rotatable bonds is 3. The number of hydrogen-bond acceptors (Lipinski definition) is 2. The molecule has 0 unspecified atom stereocenters. The van der Waals surface area contributed by atoms with Crippen LogP contribution < -0.4 is 0 Å². The van der Waals surface area contributed by atoms with E-state index in [2.05, 4.69) is 144 Å². The maximum absolute atomic E-state index is 5.33. The molecule has 0 saturated carbocycles. The van der Waals surface area contributed by atoms with E-state index in [9.17, 15) is 0 Å². The molecule has 0 amide bonds. The number of nitrogens with zero attached hydrogens (tertiary/aromatic N) is 3. The molecule has 0 radical (unpaired) electrons. The van der Waals surface area contributed by atoms with Gasteiger partial charge < -0.3 is 0 Å². The van der Waals surface area contributed by atoms with E-state index >= 15 is 0 Å². The second-order valence-corrected chi connectivity index (χ2v) is 11.0. The highest BCUT2D eigenvalue weighted by atomic mass is 15.2. The fourth-order valence-corrected chi connectivity index (χ4v) is 6.60. The van der Waals surface area contributed by atoms with Crippen molar-refractivity contribution in [3.05, 3.63) is 152 Å². The second-order valence-electron chi connectivity index (χ2n) is 11.0. The molecule has 0 aliphatic heterocycles. The topological polar surface area (TPSA) is 30.7 Å². The number of fused-ring (bicyclic) bond motifs is 8. The lowest BCUT2D eigenvalue weighted by atomic mass is 10.00. The van der Waals surface area contributed by atoms with Crippen LogP contribution in [0.4, 0.5) is 0 Å². The van der Waals surface area contributed by atoms with E-state index in [4.69, 9.17) is 9.97 Å². The van der Waals surface area contributed by atoms with E-state index in [1.54, 1.807) is 0 Å². The third-order valence-electron chi connectivity index (χ3n) is 8.60. The molecule has 0 spiro atoms. The van der Waals surface area contributed by atoms with Crippen molar-refractivity contribution >= 4 is 54.3 Å². The van der Waals surface area contributed by atoms with E-state index in [-0.39, 0.29) is 0 Å². The van der Waals surface area contributed by atoms with Crippen LogP contribution in [-0.4, -0.2) is 14.5 Å². The van der Waals surface area contributed by atoms with Crippen molar-refractivity contribution in [1.82, 2.24) is 14.5 Å². The summed E-state index contributed by atoms with van der Waals surface area (Å²) in [6.07, 6.45) is 0. The fourth-order valence-electron chi connectivity index (χ4n) is 6.60. The molecule has 0 atom stereocenters. The summed E-state index contributed by atoms with van der Waals surface area (Å²) >= 11 is 0. The maximum atomic E-state index is 5.33. The van der Waals surface area contributed by atoms with Gasteiger partial charge in [0.25, 0.3) is 0 Å². The zero-order valence-electron chi connectivity index (χ0n) is 23.3. The first-order valence-corrected chi connectivity index (χ1v) is 14.6. The van der Waals surface area contributed by atoms with E-state index in [1.165, 1.54) is 43.4 Å². The smallest absolute Gasteiger partial charge is 0.235 e. The first-order chi connectivity index (χ1) is 21.3. The standard InChI is InChI=1S/C40H25N3/c1-2-10-26(11-3-1)27-18-20-30(21-19-27)39-33-16-8-9-17-34(33)41-40(42-39)43-35-24-22-28-12-4-6-14-31(28)37(35)38-32-15-7-5-13-29(32)23-25-36(38)43/h1-25H. The quantitative estimate of drug-likeness (QED) is 0.220. The normalized spacial score (nSPS) is 11.7. The lowest BCUT2D eigenvalue weighted by Gasteiger charge is -2.12. The van der Waals surface area contributed by atoms with Crippen LogP contribution >= 0.6 is 0 Å². The highest BCUT2D eigenvalue weighted by Crippen LogP contribution is 2.40. The van der Waals surface area contributed by atoms with Gasteiger partial charge in [0.15, 0.2) is 0 Å². The SMILES string of the molecule is c1ccc(-c2ccc(-c3nc(-n4c5ccc6ccccc6c5c5c6ccccc6ccc54)nc4ccccc34)cc2)cc1. The van der Waals surface area contributed by atoms with Crippen molar-refractivity contribution in [2.45, 2.75) is 0 Å². The van der Waals surface area contributed by atoms with Gasteiger partial charge in [0, 0.05) is 21.7 Å². The van der Waals surface area contributed by atoms with Gasteiger partial charge >= 0.3 is 0 Å². The van der Waals surface area contributed by atoms with Gasteiger partial charge in [0.2, 0.25) is 5.95 Å². The largest absolute Gasteiger partial charge is 0.278 e. The van der Waals surface area contributed by atoms with Crippen molar-refractivity contribution in [3.63, 3.8) is 0 Å². The van der Waals surface area contributed by atoms with Crippen molar-refractivity contribution in [2.75, 3.05) is 0 Å². The molecule has 9 aromatic rings. The summed E-state index contributed by atoms with van der Waals surface area (Å²) in [6.45, 7) is 0. The summed E-state index contributed by atoms with van der Waals surface area (Å²) in [5, 5.41) is 8.41. The Morgan fingerprint density at radius 1 is 0.372 bits per heavy atom. The molecule has 2 aromatic heterocycles. The van der Waals surface area contributed by atoms with Crippen LogP contribution in [0.15, 0.2) is 152 Å². The van der Waals surface area contributed by atoms with Crippen molar-refractivity contribution in [3.8, 4) is 28.3 Å². The molecule has 0 bridgehead atoms. The molecule has 0 aliphatic carbocycles. The zero-order chi connectivity index (χ0) is 28.3. The summed E-state index contributed by atoms with van der Waals surface area (Å²) in [7, 11) is 0. The maximum Gasteiger partial charge on any atom is 0.235 e. The second kappa shape index (κ2) is 9.37. The van der Waals surface area contributed by atoms with Crippen LogP contribution in [0, 0.1) is 0 Å². The number of para-hydroxylation sites is 1. The number of benzene rings is 7. The Labute approximate surface area is 248 Å². The average Bonchev–Trinajstić information content (AvgIpc) is 3.44. The Morgan fingerprint density at radius 3 is 1.53 bits per heavy atom. The molecule has 0 fully saturated rings. The molecule has 9 rings (SSSR count). The minimum absolute atomic E-state index is 0.673. The van der Waals surface area contributed by atoms with Gasteiger partial charge in [-0.25, -0.2) is 9.97 Å². The molecule has 0 saturated heterocycles. The summed E-state index contributed by atoms with van der Waals surface area (Å²) in [4.78, 5) is 10.5. The summed E-state index contributed by atoms with van der Waals surface area (Å²) in [6, 6.07) is 53.6. The number of aromatic nitrogens is 3. The van der Waals surface area contributed by atoms with E-state index in [0.29, 0.717) is 5.95 Å². The third-order valence-corrected chi connectivity index (χ3v) is 8.60. The van der Waals surface area contributed by atoms with Crippen molar-refractivity contribution < 1.29 is 0 Å². The monoisotopic (exact) mass is 547 g/mol. The van der Waals surface area contributed by atoms with Gasteiger partial charge in [-0.15, -0.1) is 0 Å². The summed E-state index contributed by atoms with van der Waals surface area (Å²) < 4.78 is 2.25. The van der Waals surface area contributed by atoms with Crippen LogP contribution in [0.2, 0.25) is 0 Å². The highest BCUT2D eigenvalue weighted by molar-refractivity contribution is 6.28. The molecule has 7 aromatic carbocycles. The van der Waals surface area contributed by atoms with E-state index < -0.39 is 0 Å². The average molecular weight is 548 g/mol. The minimum Gasteiger partial charge on any atom is -0.278 e. The van der Waals surface area contributed by atoms with Gasteiger partial charge in [0.1, 0.15) is 0 Å². The Kier molecular flexibility index (Phi) is 5.20. The lowest BCUT2D eigenvalue weighted by molar-refractivity contribution is 1.01. The molecule has 3 heteroatoms. The van der Waals surface area contributed by atoms with Crippen LogP contribution in [0.3, 0.4) is 0 Å². The first-order valence-electron chi connectivity index (χ1n) is 14.6.